The Morgan fingerprint density at radius 2 is 2.00 bits per heavy atom. The molecular weight excluding hydrogens is 322 g/mol. The smallest absolute Gasteiger partial charge is 0.228 e. The number of aromatic nitrogens is 2. The zero-order valence-electron chi connectivity index (χ0n) is 14.4. The van der Waals surface area contributed by atoms with Gasteiger partial charge in [0.2, 0.25) is 23.6 Å². The van der Waals surface area contributed by atoms with E-state index in [0.717, 1.165) is 12.8 Å². The van der Waals surface area contributed by atoms with E-state index in [9.17, 15) is 9.59 Å². The average molecular weight is 345 g/mol. The Labute approximate surface area is 146 Å². The fourth-order valence-corrected chi connectivity index (χ4v) is 3.62. The predicted octanol–water partition coefficient (Wildman–Crippen LogP) is 0.145. The van der Waals surface area contributed by atoms with Gasteiger partial charge >= 0.3 is 0 Å². The minimum Gasteiger partial charge on any atom is -0.481 e. The highest BCUT2D eigenvalue weighted by Crippen LogP contribution is 2.33. The number of hydrogen-bond acceptors (Lipinski definition) is 6. The molecule has 2 aliphatic heterocycles. The number of hydrogen-bond donors (Lipinski definition) is 0. The predicted molar refractivity (Wildman–Crippen MR) is 90.2 cm³/mol. The number of ether oxygens (including phenoxy) is 1. The maximum Gasteiger partial charge on any atom is 0.228 e. The van der Waals surface area contributed by atoms with Gasteiger partial charge in [-0.2, -0.15) is 4.98 Å². The lowest BCUT2D eigenvalue weighted by Gasteiger charge is -2.35. The van der Waals surface area contributed by atoms with Crippen molar-refractivity contribution in [2.45, 2.75) is 25.3 Å². The zero-order chi connectivity index (χ0) is 17.4. The molecule has 1 saturated carbocycles. The molecule has 1 aromatic heterocycles. The Morgan fingerprint density at radius 1 is 1.24 bits per heavy atom. The highest BCUT2D eigenvalue weighted by Gasteiger charge is 2.43. The number of nitrogens with zero attached hydrogens (tertiary/aromatic N) is 5. The first-order valence-corrected chi connectivity index (χ1v) is 8.86. The molecule has 3 aliphatic rings. The number of carbonyl (C=O) groups excluding carboxylic acids is 2. The molecule has 8 heteroatoms. The Balaban J connectivity index is 1.33. The summed E-state index contributed by atoms with van der Waals surface area (Å²) in [4.78, 5) is 39.3. The molecule has 0 spiro atoms. The molecule has 4 rings (SSSR count). The van der Waals surface area contributed by atoms with Crippen LogP contribution in [-0.4, -0.2) is 77.5 Å². The topological polar surface area (TPSA) is 78.9 Å². The van der Waals surface area contributed by atoms with Crippen molar-refractivity contribution in [3.63, 3.8) is 0 Å². The van der Waals surface area contributed by atoms with Crippen molar-refractivity contribution in [2.24, 2.45) is 5.92 Å². The molecule has 0 N–H and O–H groups in total. The van der Waals surface area contributed by atoms with Crippen LogP contribution in [0, 0.1) is 5.92 Å². The Kier molecular flexibility index (Phi) is 4.19. The maximum atomic E-state index is 12.8. The fourth-order valence-electron chi connectivity index (χ4n) is 3.62. The molecule has 1 atom stereocenters. The van der Waals surface area contributed by atoms with Crippen LogP contribution in [0.3, 0.4) is 0 Å². The van der Waals surface area contributed by atoms with Gasteiger partial charge in [0.05, 0.1) is 13.0 Å². The van der Waals surface area contributed by atoms with Gasteiger partial charge in [-0.3, -0.25) is 9.59 Å². The van der Waals surface area contributed by atoms with Crippen LogP contribution in [0.25, 0.3) is 0 Å². The third-order valence-electron chi connectivity index (χ3n) is 5.20. The van der Waals surface area contributed by atoms with Gasteiger partial charge in [-0.25, -0.2) is 4.98 Å². The number of anilines is 1. The summed E-state index contributed by atoms with van der Waals surface area (Å²) in [6.45, 7) is 3.24. The molecule has 2 saturated heterocycles. The van der Waals surface area contributed by atoms with E-state index in [1.807, 2.05) is 9.80 Å². The molecule has 3 fully saturated rings. The molecule has 0 radical (unpaired) electrons. The number of likely N-dealkylation sites (tertiary alicyclic amines) is 1. The van der Waals surface area contributed by atoms with Crippen molar-refractivity contribution in [1.29, 1.82) is 0 Å². The van der Waals surface area contributed by atoms with Gasteiger partial charge in [0.1, 0.15) is 0 Å². The Bertz CT molecular complexity index is 670. The SMILES string of the molecule is COc1ccnc(N2CCN(C(=O)[C@H]3CC(=O)N(C4CC4)C3)CC2)n1. The average Bonchev–Trinajstić information content (AvgIpc) is 3.43. The van der Waals surface area contributed by atoms with E-state index in [-0.39, 0.29) is 17.7 Å². The van der Waals surface area contributed by atoms with E-state index in [1.165, 1.54) is 0 Å². The highest BCUT2D eigenvalue weighted by molar-refractivity contribution is 5.89. The number of piperazine rings is 1. The summed E-state index contributed by atoms with van der Waals surface area (Å²) in [5.74, 6) is 1.25. The molecule has 1 aromatic rings. The summed E-state index contributed by atoms with van der Waals surface area (Å²) in [5.41, 5.74) is 0. The molecular formula is C17H23N5O3. The summed E-state index contributed by atoms with van der Waals surface area (Å²) in [6, 6.07) is 2.11. The van der Waals surface area contributed by atoms with Gasteiger partial charge in [-0.15, -0.1) is 0 Å². The summed E-state index contributed by atoms with van der Waals surface area (Å²) in [5, 5.41) is 0. The monoisotopic (exact) mass is 345 g/mol. The van der Waals surface area contributed by atoms with Crippen molar-refractivity contribution in [3.05, 3.63) is 12.3 Å². The van der Waals surface area contributed by atoms with Gasteiger partial charge in [-0.05, 0) is 12.8 Å². The first-order chi connectivity index (χ1) is 12.2. The summed E-state index contributed by atoms with van der Waals surface area (Å²) < 4.78 is 5.14. The molecule has 3 heterocycles. The van der Waals surface area contributed by atoms with Crippen LogP contribution in [0.2, 0.25) is 0 Å². The molecule has 0 aromatic carbocycles. The van der Waals surface area contributed by atoms with E-state index in [4.69, 9.17) is 4.74 Å². The van der Waals surface area contributed by atoms with Gasteiger partial charge in [0.25, 0.3) is 0 Å². The summed E-state index contributed by atoms with van der Waals surface area (Å²) in [7, 11) is 1.58. The van der Waals surface area contributed by atoms with Crippen molar-refractivity contribution >= 4 is 17.8 Å². The van der Waals surface area contributed by atoms with Crippen molar-refractivity contribution < 1.29 is 14.3 Å². The number of carbonyl (C=O) groups is 2. The van der Waals surface area contributed by atoms with E-state index in [0.29, 0.717) is 57.0 Å². The number of amides is 2. The molecule has 134 valence electrons. The fraction of sp³-hybridized carbons (Fsp3) is 0.647. The molecule has 1 aliphatic carbocycles. The third-order valence-corrected chi connectivity index (χ3v) is 5.20. The van der Waals surface area contributed by atoms with Gasteiger partial charge < -0.3 is 19.4 Å². The molecule has 25 heavy (non-hydrogen) atoms. The van der Waals surface area contributed by atoms with Crippen LogP contribution in [-0.2, 0) is 9.59 Å². The van der Waals surface area contributed by atoms with E-state index in [1.54, 1.807) is 19.4 Å². The molecule has 0 bridgehead atoms. The van der Waals surface area contributed by atoms with E-state index >= 15 is 0 Å². The van der Waals surface area contributed by atoms with Gasteiger partial charge in [0, 0.05) is 57.4 Å². The summed E-state index contributed by atoms with van der Waals surface area (Å²) >= 11 is 0. The number of rotatable bonds is 4. The number of methoxy groups -OCH3 is 1. The van der Waals surface area contributed by atoms with Crippen molar-refractivity contribution in [1.82, 2.24) is 19.8 Å². The largest absolute Gasteiger partial charge is 0.481 e. The van der Waals surface area contributed by atoms with Crippen LogP contribution in [0.1, 0.15) is 19.3 Å². The van der Waals surface area contributed by atoms with Gasteiger partial charge in [0.15, 0.2) is 0 Å². The second-order valence-corrected chi connectivity index (χ2v) is 6.89. The minimum atomic E-state index is -0.173. The van der Waals surface area contributed by atoms with Crippen molar-refractivity contribution in [3.8, 4) is 5.88 Å². The molecule has 2 amide bonds. The van der Waals surface area contributed by atoms with E-state index in [2.05, 4.69) is 14.9 Å². The van der Waals surface area contributed by atoms with Crippen LogP contribution in [0.15, 0.2) is 12.3 Å². The first kappa shape index (κ1) is 16.1. The quantitative estimate of drug-likeness (QED) is 0.773. The van der Waals surface area contributed by atoms with Gasteiger partial charge in [-0.1, -0.05) is 0 Å². The normalized spacial score (nSPS) is 24.0. The highest BCUT2D eigenvalue weighted by atomic mass is 16.5. The van der Waals surface area contributed by atoms with Crippen LogP contribution in [0.5, 0.6) is 5.88 Å². The van der Waals surface area contributed by atoms with Crippen LogP contribution < -0.4 is 9.64 Å². The second kappa shape index (κ2) is 6.50. The summed E-state index contributed by atoms with van der Waals surface area (Å²) in [6.07, 6.45) is 4.22. The maximum absolute atomic E-state index is 12.8. The lowest BCUT2D eigenvalue weighted by atomic mass is 10.1. The van der Waals surface area contributed by atoms with Crippen molar-refractivity contribution in [2.75, 3.05) is 44.7 Å². The van der Waals surface area contributed by atoms with Crippen LogP contribution in [0.4, 0.5) is 5.95 Å². The van der Waals surface area contributed by atoms with E-state index < -0.39 is 0 Å². The lowest BCUT2D eigenvalue weighted by molar-refractivity contribution is -0.136. The first-order valence-electron chi connectivity index (χ1n) is 8.86. The second-order valence-electron chi connectivity index (χ2n) is 6.89. The molecule has 8 nitrogen and oxygen atoms in total. The van der Waals surface area contributed by atoms with Crippen LogP contribution >= 0.6 is 0 Å². The Hall–Kier alpha value is -2.38. The minimum absolute atomic E-state index is 0.114. The zero-order valence-corrected chi connectivity index (χ0v) is 14.4. The Morgan fingerprint density at radius 3 is 2.68 bits per heavy atom. The third kappa shape index (κ3) is 3.25. The standard InChI is InChI=1S/C17H23N5O3/c1-25-14-4-5-18-17(19-14)21-8-6-20(7-9-21)16(24)12-10-15(23)22(11-12)13-2-3-13/h4-5,12-13H,2-3,6-11H2,1H3/t12-/m0/s1. The molecule has 0 unspecified atom stereocenters. The lowest BCUT2D eigenvalue weighted by Crippen LogP contribution is -2.51.